The fraction of sp³-hybridized carbons (Fsp3) is 0.769. The highest BCUT2D eigenvalue weighted by atomic mass is 32.2. The molecule has 1 aliphatic carbocycles. The Balaban J connectivity index is 1.82. The number of rotatable bonds is 5. The summed E-state index contributed by atoms with van der Waals surface area (Å²) < 4.78 is 2.15. The zero-order valence-electron chi connectivity index (χ0n) is 11.8. The van der Waals surface area contributed by atoms with Gasteiger partial charge in [-0.05, 0) is 24.7 Å². The van der Waals surface area contributed by atoms with Gasteiger partial charge in [0, 0.05) is 19.1 Å². The lowest BCUT2D eigenvalue weighted by Gasteiger charge is -2.18. The molecule has 2 aliphatic rings. The van der Waals surface area contributed by atoms with E-state index in [2.05, 4.69) is 33.5 Å². The Hall–Kier alpha value is -1.24. The summed E-state index contributed by atoms with van der Waals surface area (Å²) in [6.45, 7) is 6.55. The van der Waals surface area contributed by atoms with Gasteiger partial charge in [-0.2, -0.15) is 0 Å². The summed E-state index contributed by atoms with van der Waals surface area (Å²) in [4.78, 5) is 13.0. The molecule has 2 heterocycles. The van der Waals surface area contributed by atoms with Gasteiger partial charge in [-0.3, -0.25) is 9.36 Å². The van der Waals surface area contributed by atoms with Crippen LogP contribution in [-0.4, -0.2) is 44.7 Å². The maximum absolute atomic E-state index is 10.7. The number of carbonyl (C=O) groups is 1. The number of carboxylic acids is 1. The second kappa shape index (κ2) is 5.27. The number of nitrogens with zero attached hydrogens (tertiary/aromatic N) is 4. The van der Waals surface area contributed by atoms with Crippen molar-refractivity contribution in [3.63, 3.8) is 0 Å². The van der Waals surface area contributed by atoms with E-state index in [4.69, 9.17) is 5.11 Å². The molecule has 1 aromatic heterocycles. The minimum atomic E-state index is -0.815. The second-order valence-electron chi connectivity index (χ2n) is 5.93. The van der Waals surface area contributed by atoms with E-state index in [1.54, 1.807) is 0 Å². The summed E-state index contributed by atoms with van der Waals surface area (Å²) in [5.41, 5.74) is 0. The van der Waals surface area contributed by atoms with Crippen molar-refractivity contribution in [2.24, 2.45) is 11.8 Å². The van der Waals surface area contributed by atoms with E-state index in [1.807, 2.05) is 0 Å². The van der Waals surface area contributed by atoms with Crippen molar-refractivity contribution in [1.82, 2.24) is 14.8 Å². The lowest BCUT2D eigenvalue weighted by atomic mass is 10.0. The molecule has 1 aromatic rings. The standard InChI is InChI=1S/C13H20N4O2S/c1-8-5-16(6-9(8)2)12-14-15-13(20-7-11(18)19)17(12)10-3-4-10/h8-10H,3-7H2,1-2H3,(H,18,19). The van der Waals surface area contributed by atoms with Gasteiger partial charge in [0.1, 0.15) is 0 Å². The Labute approximate surface area is 122 Å². The van der Waals surface area contributed by atoms with Crippen LogP contribution in [0.4, 0.5) is 5.95 Å². The van der Waals surface area contributed by atoms with Gasteiger partial charge in [0.05, 0.1) is 5.75 Å². The van der Waals surface area contributed by atoms with Crippen LogP contribution >= 0.6 is 11.8 Å². The first-order valence-corrected chi connectivity index (χ1v) is 8.09. The second-order valence-corrected chi connectivity index (χ2v) is 6.87. The summed E-state index contributed by atoms with van der Waals surface area (Å²) in [6, 6.07) is 0.461. The Morgan fingerprint density at radius 3 is 2.50 bits per heavy atom. The molecule has 6 nitrogen and oxygen atoms in total. The molecule has 0 amide bonds. The minimum Gasteiger partial charge on any atom is -0.481 e. The molecule has 1 aliphatic heterocycles. The van der Waals surface area contributed by atoms with Crippen LogP contribution in [0.3, 0.4) is 0 Å². The lowest BCUT2D eigenvalue weighted by Crippen LogP contribution is -2.23. The van der Waals surface area contributed by atoms with Gasteiger partial charge < -0.3 is 10.0 Å². The molecule has 0 radical (unpaired) electrons. The summed E-state index contributed by atoms with van der Waals surface area (Å²) in [6.07, 6.45) is 2.29. The van der Waals surface area contributed by atoms with Crippen LogP contribution in [0, 0.1) is 11.8 Å². The maximum Gasteiger partial charge on any atom is 0.313 e. The monoisotopic (exact) mass is 296 g/mol. The normalized spacial score (nSPS) is 26.2. The van der Waals surface area contributed by atoms with E-state index in [0.29, 0.717) is 17.9 Å². The molecule has 1 saturated heterocycles. The highest BCUT2D eigenvalue weighted by Crippen LogP contribution is 2.42. The third-order valence-electron chi connectivity index (χ3n) is 4.15. The quantitative estimate of drug-likeness (QED) is 0.837. The van der Waals surface area contributed by atoms with Crippen LogP contribution in [0.5, 0.6) is 0 Å². The summed E-state index contributed by atoms with van der Waals surface area (Å²) in [5.74, 6) is 1.48. The molecule has 20 heavy (non-hydrogen) atoms. The SMILES string of the molecule is CC1CN(c2nnc(SCC(=O)O)n2C2CC2)CC1C. The molecule has 3 rings (SSSR count). The number of aliphatic carboxylic acids is 1. The molecule has 1 saturated carbocycles. The average Bonchev–Trinajstić information content (AvgIpc) is 3.06. The zero-order chi connectivity index (χ0) is 14.3. The van der Waals surface area contributed by atoms with Gasteiger partial charge in [-0.25, -0.2) is 0 Å². The highest BCUT2D eigenvalue weighted by Gasteiger charge is 2.35. The van der Waals surface area contributed by atoms with E-state index in [9.17, 15) is 4.79 Å². The Kier molecular flexibility index (Phi) is 3.62. The fourth-order valence-electron chi connectivity index (χ4n) is 2.65. The number of carboxylic acid groups (broad SMARTS) is 1. The fourth-order valence-corrected chi connectivity index (χ4v) is 3.38. The van der Waals surface area contributed by atoms with Gasteiger partial charge in [0.25, 0.3) is 0 Å². The van der Waals surface area contributed by atoms with E-state index in [1.165, 1.54) is 11.8 Å². The van der Waals surface area contributed by atoms with Crippen molar-refractivity contribution >= 4 is 23.7 Å². The van der Waals surface area contributed by atoms with Crippen LogP contribution in [-0.2, 0) is 4.79 Å². The molecule has 7 heteroatoms. The Morgan fingerprint density at radius 1 is 1.30 bits per heavy atom. The molecule has 2 unspecified atom stereocenters. The summed E-state index contributed by atoms with van der Waals surface area (Å²) >= 11 is 1.27. The van der Waals surface area contributed by atoms with Gasteiger partial charge in [0.2, 0.25) is 5.95 Å². The van der Waals surface area contributed by atoms with Gasteiger partial charge in [0.15, 0.2) is 5.16 Å². The largest absolute Gasteiger partial charge is 0.481 e. The predicted molar refractivity (Wildman–Crippen MR) is 77.2 cm³/mol. The van der Waals surface area contributed by atoms with E-state index >= 15 is 0 Å². The topological polar surface area (TPSA) is 71.2 Å². The van der Waals surface area contributed by atoms with Crippen molar-refractivity contribution in [2.75, 3.05) is 23.7 Å². The first kappa shape index (κ1) is 13.7. The number of anilines is 1. The number of thioether (sulfide) groups is 1. The van der Waals surface area contributed by atoms with Gasteiger partial charge >= 0.3 is 5.97 Å². The van der Waals surface area contributed by atoms with Crippen LogP contribution in [0.2, 0.25) is 0 Å². The van der Waals surface area contributed by atoms with Gasteiger partial charge in [-0.15, -0.1) is 10.2 Å². The Morgan fingerprint density at radius 2 is 1.95 bits per heavy atom. The van der Waals surface area contributed by atoms with Crippen LogP contribution < -0.4 is 4.90 Å². The first-order chi connectivity index (χ1) is 9.56. The summed E-state index contributed by atoms with van der Waals surface area (Å²) in [5, 5.41) is 18.1. The number of hydrogen-bond acceptors (Lipinski definition) is 5. The van der Waals surface area contributed by atoms with E-state index in [0.717, 1.165) is 37.0 Å². The van der Waals surface area contributed by atoms with Crippen LogP contribution in [0.25, 0.3) is 0 Å². The maximum atomic E-state index is 10.7. The highest BCUT2D eigenvalue weighted by molar-refractivity contribution is 7.99. The van der Waals surface area contributed by atoms with Gasteiger partial charge in [-0.1, -0.05) is 25.6 Å². The first-order valence-electron chi connectivity index (χ1n) is 7.10. The van der Waals surface area contributed by atoms with Crippen molar-refractivity contribution in [3.8, 4) is 0 Å². The molecular weight excluding hydrogens is 276 g/mol. The molecule has 2 fully saturated rings. The van der Waals surface area contributed by atoms with Crippen molar-refractivity contribution in [3.05, 3.63) is 0 Å². The molecule has 110 valence electrons. The minimum absolute atomic E-state index is 0.0393. The average molecular weight is 296 g/mol. The third-order valence-corrected chi connectivity index (χ3v) is 5.08. The zero-order valence-corrected chi connectivity index (χ0v) is 12.6. The van der Waals surface area contributed by atoms with E-state index in [-0.39, 0.29) is 5.75 Å². The van der Waals surface area contributed by atoms with Crippen molar-refractivity contribution in [1.29, 1.82) is 0 Å². The molecular formula is C13H20N4O2S. The molecule has 0 spiro atoms. The van der Waals surface area contributed by atoms with Crippen molar-refractivity contribution < 1.29 is 9.90 Å². The molecule has 0 bridgehead atoms. The lowest BCUT2D eigenvalue weighted by molar-refractivity contribution is -0.133. The van der Waals surface area contributed by atoms with Crippen LogP contribution in [0.15, 0.2) is 5.16 Å². The summed E-state index contributed by atoms with van der Waals surface area (Å²) in [7, 11) is 0. The molecule has 1 N–H and O–H groups in total. The molecule has 0 aromatic carbocycles. The number of hydrogen-bond donors (Lipinski definition) is 1. The smallest absolute Gasteiger partial charge is 0.313 e. The number of aromatic nitrogens is 3. The third kappa shape index (κ3) is 2.63. The van der Waals surface area contributed by atoms with E-state index < -0.39 is 5.97 Å². The Bertz CT molecular complexity index is 504. The van der Waals surface area contributed by atoms with Crippen LogP contribution in [0.1, 0.15) is 32.7 Å². The molecule has 2 atom stereocenters. The predicted octanol–water partition coefficient (Wildman–Crippen LogP) is 1.88. The van der Waals surface area contributed by atoms with Crippen molar-refractivity contribution in [2.45, 2.75) is 37.9 Å².